The second-order valence-electron chi connectivity index (χ2n) is 6.00. The molecule has 0 aliphatic heterocycles. The van der Waals surface area contributed by atoms with Crippen molar-refractivity contribution in [2.45, 2.75) is 6.92 Å². The lowest BCUT2D eigenvalue weighted by atomic mass is 10.2. The van der Waals surface area contributed by atoms with Gasteiger partial charge in [0.1, 0.15) is 0 Å². The van der Waals surface area contributed by atoms with Gasteiger partial charge in [0.2, 0.25) is 0 Å². The summed E-state index contributed by atoms with van der Waals surface area (Å²) in [6, 6.07) is 10.1. The number of carbonyl (C=O) groups is 3. The Hall–Kier alpha value is -4.25. The number of fused-ring (bicyclic) bond motifs is 1. The van der Waals surface area contributed by atoms with Gasteiger partial charge < -0.3 is 20.4 Å². The van der Waals surface area contributed by atoms with E-state index in [2.05, 4.69) is 20.4 Å². The van der Waals surface area contributed by atoms with Crippen LogP contribution in [0.1, 0.15) is 17.3 Å². The molecular formula is C18H16N6O5. The first-order chi connectivity index (χ1) is 13.7. The summed E-state index contributed by atoms with van der Waals surface area (Å²) < 4.78 is 0. The molecule has 11 heteroatoms. The number of imidazole rings is 1. The number of benzene rings is 2. The van der Waals surface area contributed by atoms with E-state index in [-0.39, 0.29) is 16.9 Å². The second-order valence-corrected chi connectivity index (χ2v) is 6.00. The fourth-order valence-corrected chi connectivity index (χ4v) is 2.50. The van der Waals surface area contributed by atoms with Crippen LogP contribution in [0.15, 0.2) is 52.4 Å². The van der Waals surface area contributed by atoms with E-state index < -0.39 is 23.4 Å². The van der Waals surface area contributed by atoms with Crippen molar-refractivity contribution >= 4 is 45.8 Å². The zero-order chi connectivity index (χ0) is 21.1. The second kappa shape index (κ2) is 7.78. The minimum atomic E-state index is -1.10. The molecule has 6 N–H and O–H groups in total. The van der Waals surface area contributed by atoms with Crippen molar-refractivity contribution in [1.82, 2.24) is 9.97 Å². The van der Waals surface area contributed by atoms with E-state index in [1.165, 1.54) is 30.3 Å². The monoisotopic (exact) mass is 396 g/mol. The van der Waals surface area contributed by atoms with E-state index >= 15 is 0 Å². The summed E-state index contributed by atoms with van der Waals surface area (Å²) in [7, 11) is 0. The van der Waals surface area contributed by atoms with Gasteiger partial charge in [0.15, 0.2) is 11.5 Å². The van der Waals surface area contributed by atoms with Crippen LogP contribution in [0.25, 0.3) is 11.0 Å². The number of hydrogen-bond donors (Lipinski definition) is 5. The summed E-state index contributed by atoms with van der Waals surface area (Å²) in [6.45, 7) is 1.16. The molecule has 29 heavy (non-hydrogen) atoms. The van der Waals surface area contributed by atoms with E-state index in [9.17, 15) is 19.2 Å². The molecule has 3 rings (SSSR count). The lowest BCUT2D eigenvalue weighted by Crippen LogP contribution is -2.34. The number of aromatic amines is 2. The number of hydrogen-bond acceptors (Lipinski definition) is 7. The van der Waals surface area contributed by atoms with Crippen LogP contribution in [0, 0.1) is 0 Å². The van der Waals surface area contributed by atoms with Crippen molar-refractivity contribution in [1.29, 1.82) is 0 Å². The Bertz CT molecular complexity index is 1190. The van der Waals surface area contributed by atoms with Crippen molar-refractivity contribution < 1.29 is 19.5 Å². The molecule has 0 saturated carbocycles. The number of carboxylic acid groups (broad SMARTS) is 1. The summed E-state index contributed by atoms with van der Waals surface area (Å²) in [5.41, 5.74) is 0.849. The molecule has 0 aliphatic carbocycles. The fraction of sp³-hybridized carbons (Fsp3) is 0.0556. The molecule has 148 valence electrons. The number of ketones is 1. The molecule has 11 nitrogen and oxygen atoms in total. The van der Waals surface area contributed by atoms with Crippen LogP contribution in [0.5, 0.6) is 0 Å². The summed E-state index contributed by atoms with van der Waals surface area (Å²) >= 11 is 0. The van der Waals surface area contributed by atoms with Crippen LogP contribution in [0.2, 0.25) is 0 Å². The molecule has 0 bridgehead atoms. The first-order valence-electron chi connectivity index (χ1n) is 8.25. The van der Waals surface area contributed by atoms with Gasteiger partial charge in [0.05, 0.1) is 22.3 Å². The van der Waals surface area contributed by atoms with Gasteiger partial charge >= 0.3 is 11.7 Å². The van der Waals surface area contributed by atoms with Gasteiger partial charge in [0.25, 0.3) is 5.91 Å². The number of rotatable bonds is 6. The maximum atomic E-state index is 12.5. The summed E-state index contributed by atoms with van der Waals surface area (Å²) in [5.74, 6) is 3.26. The SMILES string of the molecule is CC(=O)/C(=N/N(N)c1ccc(C(=O)O)cc1)C(=O)Nc1ccc2[nH]c(=O)[nH]c2c1. The Morgan fingerprint density at radius 2 is 1.72 bits per heavy atom. The number of carbonyl (C=O) groups excluding carboxylic acids is 2. The molecule has 1 aromatic heterocycles. The number of amides is 1. The van der Waals surface area contributed by atoms with Crippen LogP contribution in [-0.4, -0.2) is 38.4 Å². The zero-order valence-electron chi connectivity index (χ0n) is 15.1. The number of anilines is 2. The standard InChI is InChI=1S/C18H16N6O5/c1-9(25)15(23-24(19)12-5-2-10(3-6-12)17(27)28)16(26)20-11-4-7-13-14(8-11)22-18(29)21-13/h2-8H,19H2,1H3,(H,20,26)(H,27,28)(H2,21,22,29)/b23-15-. The highest BCUT2D eigenvalue weighted by atomic mass is 16.4. The molecule has 0 saturated heterocycles. The predicted octanol–water partition coefficient (Wildman–Crippen LogP) is 0.818. The van der Waals surface area contributed by atoms with Crippen LogP contribution in [0.3, 0.4) is 0 Å². The van der Waals surface area contributed by atoms with E-state index in [0.717, 1.165) is 12.0 Å². The highest BCUT2D eigenvalue weighted by Crippen LogP contribution is 2.16. The topological polar surface area (TPSA) is 174 Å². The number of H-pyrrole nitrogens is 2. The third-order valence-corrected chi connectivity index (χ3v) is 3.91. The van der Waals surface area contributed by atoms with Gasteiger partial charge in [-0.05, 0) is 42.5 Å². The first kappa shape index (κ1) is 19.5. The molecule has 3 aromatic rings. The van der Waals surface area contributed by atoms with Crippen LogP contribution < -0.4 is 22.0 Å². The van der Waals surface area contributed by atoms with Crippen LogP contribution >= 0.6 is 0 Å². The van der Waals surface area contributed by atoms with Crippen molar-refractivity contribution in [3.63, 3.8) is 0 Å². The first-order valence-corrected chi connectivity index (χ1v) is 8.25. The van der Waals surface area contributed by atoms with Gasteiger partial charge in [-0.1, -0.05) is 0 Å². The molecule has 0 radical (unpaired) electrons. The maximum absolute atomic E-state index is 12.5. The number of nitrogens with two attached hydrogens (primary N) is 1. The van der Waals surface area contributed by atoms with Gasteiger partial charge in [-0.2, -0.15) is 5.12 Å². The van der Waals surface area contributed by atoms with Crippen molar-refractivity contribution in [2.24, 2.45) is 10.9 Å². The molecule has 1 amide bonds. The minimum Gasteiger partial charge on any atom is -0.478 e. The van der Waals surface area contributed by atoms with Crippen molar-refractivity contribution in [3.8, 4) is 0 Å². The van der Waals surface area contributed by atoms with Crippen molar-refractivity contribution in [2.75, 3.05) is 10.4 Å². The van der Waals surface area contributed by atoms with Crippen molar-refractivity contribution in [3.05, 3.63) is 58.5 Å². The number of hydrazine groups is 1. The van der Waals surface area contributed by atoms with Gasteiger partial charge in [-0.25, -0.2) is 15.4 Å². The quantitative estimate of drug-likeness (QED) is 0.177. The normalized spacial score (nSPS) is 11.3. The summed E-state index contributed by atoms with van der Waals surface area (Å²) in [6.07, 6.45) is 0. The zero-order valence-corrected chi connectivity index (χ0v) is 15.1. The van der Waals surface area contributed by atoms with E-state index in [1.807, 2.05) is 0 Å². The van der Waals surface area contributed by atoms with Crippen LogP contribution in [0.4, 0.5) is 11.4 Å². The molecule has 0 unspecified atom stereocenters. The number of Topliss-reactive ketones (excluding diaryl/α,β-unsaturated/α-hetero) is 1. The Labute approximate surface area is 162 Å². The summed E-state index contributed by atoms with van der Waals surface area (Å²) in [4.78, 5) is 51.8. The van der Waals surface area contributed by atoms with E-state index in [4.69, 9.17) is 10.9 Å². The number of nitrogens with one attached hydrogen (secondary N) is 3. The van der Waals surface area contributed by atoms with Gasteiger partial charge in [-0.15, -0.1) is 5.10 Å². The molecule has 0 atom stereocenters. The number of aromatic nitrogens is 2. The number of nitrogens with zero attached hydrogens (tertiary/aromatic N) is 2. The average Bonchev–Trinajstić information content (AvgIpc) is 3.04. The number of hydrazone groups is 1. The number of aromatic carboxylic acids is 1. The molecule has 0 spiro atoms. The molecule has 2 aromatic carbocycles. The molecular weight excluding hydrogens is 380 g/mol. The third kappa shape index (κ3) is 4.36. The van der Waals surface area contributed by atoms with E-state index in [0.29, 0.717) is 16.7 Å². The third-order valence-electron chi connectivity index (χ3n) is 3.91. The fourth-order valence-electron chi connectivity index (χ4n) is 2.50. The smallest absolute Gasteiger partial charge is 0.335 e. The maximum Gasteiger partial charge on any atom is 0.335 e. The Morgan fingerprint density at radius 3 is 2.34 bits per heavy atom. The van der Waals surface area contributed by atoms with Gasteiger partial charge in [0, 0.05) is 12.6 Å². The largest absolute Gasteiger partial charge is 0.478 e. The van der Waals surface area contributed by atoms with Crippen LogP contribution in [-0.2, 0) is 9.59 Å². The number of carboxylic acids is 1. The Kier molecular flexibility index (Phi) is 5.23. The molecule has 0 aliphatic rings. The van der Waals surface area contributed by atoms with Gasteiger partial charge in [-0.3, -0.25) is 9.59 Å². The predicted molar refractivity (Wildman–Crippen MR) is 106 cm³/mol. The highest BCUT2D eigenvalue weighted by molar-refractivity contribution is 6.67. The summed E-state index contributed by atoms with van der Waals surface area (Å²) in [5, 5.41) is 16.1. The molecule has 1 heterocycles. The highest BCUT2D eigenvalue weighted by Gasteiger charge is 2.19. The Morgan fingerprint density at radius 1 is 1.07 bits per heavy atom. The van der Waals surface area contributed by atoms with E-state index in [1.54, 1.807) is 12.1 Å². The molecule has 0 fully saturated rings. The Balaban J connectivity index is 1.83. The minimum absolute atomic E-state index is 0.0499. The lowest BCUT2D eigenvalue weighted by molar-refractivity contribution is -0.114. The average molecular weight is 396 g/mol. The lowest BCUT2D eigenvalue weighted by Gasteiger charge is -2.14.